The van der Waals surface area contributed by atoms with Crippen LogP contribution in [-0.4, -0.2) is 0 Å². The summed E-state index contributed by atoms with van der Waals surface area (Å²) in [5.74, 6) is 5.01. The van der Waals surface area contributed by atoms with Gasteiger partial charge in [0.25, 0.3) is 0 Å². The van der Waals surface area contributed by atoms with Crippen molar-refractivity contribution in [3.63, 3.8) is 0 Å². The first-order valence-electron chi connectivity index (χ1n) is 16.0. The molecule has 0 spiro atoms. The van der Waals surface area contributed by atoms with Crippen LogP contribution in [0.15, 0.2) is 42.5 Å². The van der Waals surface area contributed by atoms with Gasteiger partial charge in [-0.25, -0.2) is 4.39 Å². The van der Waals surface area contributed by atoms with Crippen LogP contribution in [0.5, 0.6) is 0 Å². The Morgan fingerprint density at radius 3 is 1.81 bits per heavy atom. The third-order valence-corrected chi connectivity index (χ3v) is 10.5. The van der Waals surface area contributed by atoms with E-state index in [4.69, 9.17) is 0 Å². The third-order valence-electron chi connectivity index (χ3n) is 10.5. The Hall–Kier alpha value is -1.63. The van der Waals surface area contributed by atoms with Gasteiger partial charge in [-0.3, -0.25) is 0 Å². The van der Waals surface area contributed by atoms with E-state index in [2.05, 4.69) is 44.2 Å². The summed E-state index contributed by atoms with van der Waals surface area (Å²) in [6.07, 6.45) is 21.9. The number of benzene rings is 2. The summed E-state index contributed by atoms with van der Waals surface area (Å²) in [6.45, 7) is 4.59. The molecule has 3 saturated carbocycles. The first-order chi connectivity index (χ1) is 18.1. The first kappa shape index (κ1) is 27.0. The molecule has 0 N–H and O–H groups in total. The van der Waals surface area contributed by atoms with Gasteiger partial charge >= 0.3 is 0 Å². The van der Waals surface area contributed by atoms with Crippen molar-refractivity contribution < 1.29 is 4.39 Å². The summed E-state index contributed by atoms with van der Waals surface area (Å²) >= 11 is 0. The fraction of sp³-hybridized carbons (Fsp3) is 0.667. The molecular weight excluding hydrogens is 451 g/mol. The molecule has 0 nitrogen and oxygen atoms in total. The Morgan fingerprint density at radius 2 is 1.22 bits per heavy atom. The van der Waals surface area contributed by atoms with Crippen LogP contribution in [0, 0.1) is 29.5 Å². The van der Waals surface area contributed by atoms with E-state index in [0.717, 1.165) is 34.8 Å². The van der Waals surface area contributed by atoms with Crippen LogP contribution in [0.1, 0.15) is 140 Å². The van der Waals surface area contributed by atoms with Gasteiger partial charge in [0.1, 0.15) is 5.82 Å². The van der Waals surface area contributed by atoms with Crippen molar-refractivity contribution >= 4 is 0 Å². The molecule has 2 aromatic rings. The number of unbranched alkanes of at least 4 members (excludes halogenated alkanes) is 4. The van der Waals surface area contributed by atoms with E-state index in [9.17, 15) is 0 Å². The standard InChI is InChI=1S/C36H51F/c1-3-5-7-9-26-11-13-28(14-12-26)31-19-20-35(36(37)25-31)30-17-15-29(16-18-30)34-23-32-21-27(10-8-6-4-2)22-33(32)24-34/h15-20,25-28,32-34H,3-14,21-24H2,1-2H3. The van der Waals surface area contributed by atoms with E-state index in [0.29, 0.717) is 11.8 Å². The van der Waals surface area contributed by atoms with Crippen LogP contribution in [0.25, 0.3) is 11.1 Å². The minimum atomic E-state index is -0.0418. The van der Waals surface area contributed by atoms with Crippen LogP contribution in [0.4, 0.5) is 4.39 Å². The SMILES string of the molecule is CCCCCC1CCC(c2ccc(-c3ccc(C4CC5CC(CCCCC)CC5C4)cc3)c(F)c2)CC1. The molecule has 202 valence electrons. The number of fused-ring (bicyclic) bond motifs is 1. The van der Waals surface area contributed by atoms with Gasteiger partial charge in [-0.15, -0.1) is 0 Å². The molecule has 1 heteroatoms. The second-order valence-electron chi connectivity index (χ2n) is 13.1. The van der Waals surface area contributed by atoms with Gasteiger partial charge < -0.3 is 0 Å². The Morgan fingerprint density at radius 1 is 0.622 bits per heavy atom. The maximum absolute atomic E-state index is 15.3. The number of rotatable bonds is 11. The highest BCUT2D eigenvalue weighted by molar-refractivity contribution is 5.65. The van der Waals surface area contributed by atoms with Crippen LogP contribution in [-0.2, 0) is 0 Å². The lowest BCUT2D eigenvalue weighted by atomic mass is 9.77. The molecule has 5 rings (SSSR count). The molecule has 0 aromatic heterocycles. The molecule has 0 saturated heterocycles. The quantitative estimate of drug-likeness (QED) is 0.268. The number of hydrogen-bond acceptors (Lipinski definition) is 0. The highest BCUT2D eigenvalue weighted by Gasteiger charge is 2.41. The van der Waals surface area contributed by atoms with E-state index in [-0.39, 0.29) is 5.82 Å². The smallest absolute Gasteiger partial charge is 0.131 e. The zero-order valence-electron chi connectivity index (χ0n) is 23.7. The van der Waals surface area contributed by atoms with E-state index >= 15 is 4.39 Å². The lowest BCUT2D eigenvalue weighted by molar-refractivity contribution is 0.302. The molecule has 2 atom stereocenters. The van der Waals surface area contributed by atoms with Crippen molar-refractivity contribution in [1.82, 2.24) is 0 Å². The topological polar surface area (TPSA) is 0 Å². The summed E-state index contributed by atoms with van der Waals surface area (Å²) in [6, 6.07) is 15.1. The minimum Gasteiger partial charge on any atom is -0.206 e. The summed E-state index contributed by atoms with van der Waals surface area (Å²) in [4.78, 5) is 0. The number of halogens is 1. The van der Waals surface area contributed by atoms with Crippen molar-refractivity contribution in [3.8, 4) is 11.1 Å². The van der Waals surface area contributed by atoms with Crippen molar-refractivity contribution in [2.45, 2.75) is 128 Å². The van der Waals surface area contributed by atoms with E-state index in [1.54, 1.807) is 0 Å². The molecule has 2 aromatic carbocycles. The third kappa shape index (κ3) is 6.69. The zero-order chi connectivity index (χ0) is 25.6. The first-order valence-corrected chi connectivity index (χ1v) is 16.0. The lowest BCUT2D eigenvalue weighted by Crippen LogP contribution is -2.13. The fourth-order valence-corrected chi connectivity index (χ4v) is 8.35. The summed E-state index contributed by atoms with van der Waals surface area (Å²) in [5.41, 5.74) is 4.49. The maximum atomic E-state index is 15.3. The molecule has 0 bridgehead atoms. The highest BCUT2D eigenvalue weighted by Crippen LogP contribution is 2.53. The fourth-order valence-electron chi connectivity index (χ4n) is 8.35. The molecule has 0 radical (unpaired) electrons. The predicted octanol–water partition coefficient (Wildman–Crippen LogP) is 11.4. The van der Waals surface area contributed by atoms with Crippen molar-refractivity contribution in [1.29, 1.82) is 0 Å². The second-order valence-corrected chi connectivity index (χ2v) is 13.1. The largest absolute Gasteiger partial charge is 0.206 e. The van der Waals surface area contributed by atoms with Crippen LogP contribution >= 0.6 is 0 Å². The molecule has 3 aliphatic carbocycles. The van der Waals surface area contributed by atoms with Crippen LogP contribution < -0.4 is 0 Å². The Bertz CT molecular complexity index is 953. The van der Waals surface area contributed by atoms with Gasteiger partial charge in [0, 0.05) is 5.56 Å². The number of hydrogen-bond donors (Lipinski definition) is 0. The van der Waals surface area contributed by atoms with Gasteiger partial charge in [0.15, 0.2) is 0 Å². The van der Waals surface area contributed by atoms with E-state index in [1.807, 2.05) is 12.1 Å². The average molecular weight is 503 g/mol. The van der Waals surface area contributed by atoms with E-state index in [1.165, 1.54) is 114 Å². The molecular formula is C36H51F. The molecule has 3 aliphatic rings. The van der Waals surface area contributed by atoms with Crippen LogP contribution in [0.3, 0.4) is 0 Å². The average Bonchev–Trinajstić information content (AvgIpc) is 3.49. The Balaban J connectivity index is 1.14. The summed E-state index contributed by atoms with van der Waals surface area (Å²) in [5, 5.41) is 0. The molecule has 37 heavy (non-hydrogen) atoms. The maximum Gasteiger partial charge on any atom is 0.131 e. The van der Waals surface area contributed by atoms with Gasteiger partial charge in [0.05, 0.1) is 0 Å². The summed E-state index contributed by atoms with van der Waals surface area (Å²) < 4.78 is 15.3. The van der Waals surface area contributed by atoms with Gasteiger partial charge in [-0.1, -0.05) is 102 Å². The minimum absolute atomic E-state index is 0.0418. The van der Waals surface area contributed by atoms with Gasteiger partial charge in [-0.2, -0.15) is 0 Å². The summed E-state index contributed by atoms with van der Waals surface area (Å²) in [7, 11) is 0. The monoisotopic (exact) mass is 502 g/mol. The van der Waals surface area contributed by atoms with Crippen molar-refractivity contribution in [3.05, 3.63) is 59.4 Å². The zero-order valence-corrected chi connectivity index (χ0v) is 23.7. The second kappa shape index (κ2) is 12.9. The van der Waals surface area contributed by atoms with Crippen molar-refractivity contribution in [2.75, 3.05) is 0 Å². The Labute approximate surface area is 226 Å². The highest BCUT2D eigenvalue weighted by atomic mass is 19.1. The van der Waals surface area contributed by atoms with Crippen molar-refractivity contribution in [2.24, 2.45) is 23.7 Å². The normalized spacial score (nSPS) is 29.5. The lowest BCUT2D eigenvalue weighted by Gasteiger charge is -2.29. The Kier molecular flexibility index (Phi) is 9.43. The molecule has 0 heterocycles. The predicted molar refractivity (Wildman–Crippen MR) is 156 cm³/mol. The molecule has 3 fully saturated rings. The van der Waals surface area contributed by atoms with E-state index < -0.39 is 0 Å². The molecule has 0 amide bonds. The van der Waals surface area contributed by atoms with Crippen LogP contribution in [0.2, 0.25) is 0 Å². The van der Waals surface area contributed by atoms with Gasteiger partial charge in [-0.05, 0) is 110 Å². The van der Waals surface area contributed by atoms with Gasteiger partial charge in [0.2, 0.25) is 0 Å². The molecule has 2 unspecified atom stereocenters. The molecule has 0 aliphatic heterocycles.